The second kappa shape index (κ2) is 12.2. The van der Waals surface area contributed by atoms with Crippen LogP contribution in [-0.4, -0.2) is 62.9 Å². The molecular weight excluding hydrogens is 547 g/mol. The first kappa shape index (κ1) is 28.5. The van der Waals surface area contributed by atoms with Crippen molar-refractivity contribution < 1.29 is 19.0 Å². The maximum atomic E-state index is 12.4. The molecule has 210 valence electrons. The molecule has 0 bridgehead atoms. The van der Waals surface area contributed by atoms with Crippen molar-refractivity contribution in [1.82, 2.24) is 4.90 Å². The fourth-order valence-electron chi connectivity index (χ4n) is 5.23. The topological polar surface area (TPSA) is 51.2 Å². The SMILES string of the molecule is COC(=O)c1ccc(N2CCN(CC3=C(c4ccc(Cl)cc4)CC(C)(C)OC3)CC2)cc1Oc1cccc(Cl)c1. The van der Waals surface area contributed by atoms with Gasteiger partial charge in [0, 0.05) is 60.9 Å². The Kier molecular flexibility index (Phi) is 8.71. The van der Waals surface area contributed by atoms with Crippen LogP contribution in [0.15, 0.2) is 72.3 Å². The molecule has 3 aromatic rings. The molecule has 0 aromatic heterocycles. The number of nitrogens with zero attached hydrogens (tertiary/aromatic N) is 2. The number of benzene rings is 3. The summed E-state index contributed by atoms with van der Waals surface area (Å²) in [6, 6.07) is 20.9. The molecule has 40 heavy (non-hydrogen) atoms. The van der Waals surface area contributed by atoms with E-state index in [0.29, 0.717) is 28.7 Å². The highest BCUT2D eigenvalue weighted by molar-refractivity contribution is 6.30. The van der Waals surface area contributed by atoms with E-state index in [-0.39, 0.29) is 5.60 Å². The minimum Gasteiger partial charge on any atom is -0.465 e. The number of ether oxygens (including phenoxy) is 3. The van der Waals surface area contributed by atoms with Crippen molar-refractivity contribution >= 4 is 40.4 Å². The maximum absolute atomic E-state index is 12.4. The van der Waals surface area contributed by atoms with Crippen LogP contribution in [-0.2, 0) is 9.47 Å². The van der Waals surface area contributed by atoms with Crippen LogP contribution in [0.3, 0.4) is 0 Å². The molecule has 5 rings (SSSR count). The van der Waals surface area contributed by atoms with Crippen molar-refractivity contribution in [3.8, 4) is 11.5 Å². The molecule has 1 fully saturated rings. The van der Waals surface area contributed by atoms with E-state index in [9.17, 15) is 4.79 Å². The molecule has 2 aliphatic heterocycles. The van der Waals surface area contributed by atoms with Crippen LogP contribution in [0.4, 0.5) is 5.69 Å². The molecule has 0 N–H and O–H groups in total. The average Bonchev–Trinajstić information content (AvgIpc) is 2.94. The Labute approximate surface area is 246 Å². The minimum absolute atomic E-state index is 0.196. The molecule has 0 unspecified atom stereocenters. The summed E-state index contributed by atoms with van der Waals surface area (Å²) in [6.07, 6.45) is 0.867. The van der Waals surface area contributed by atoms with Crippen LogP contribution in [0.2, 0.25) is 10.0 Å². The summed E-state index contributed by atoms with van der Waals surface area (Å²) in [5.41, 5.74) is 5.07. The van der Waals surface area contributed by atoms with E-state index >= 15 is 0 Å². The highest BCUT2D eigenvalue weighted by Gasteiger charge is 2.30. The molecule has 0 spiro atoms. The van der Waals surface area contributed by atoms with Crippen molar-refractivity contribution in [2.24, 2.45) is 0 Å². The smallest absolute Gasteiger partial charge is 0.341 e. The highest BCUT2D eigenvalue weighted by Crippen LogP contribution is 2.36. The molecule has 1 saturated heterocycles. The van der Waals surface area contributed by atoms with Crippen molar-refractivity contribution in [1.29, 1.82) is 0 Å². The van der Waals surface area contributed by atoms with E-state index in [1.165, 1.54) is 23.8 Å². The fraction of sp³-hybridized carbons (Fsp3) is 0.344. The predicted molar refractivity (Wildman–Crippen MR) is 161 cm³/mol. The number of methoxy groups -OCH3 is 1. The van der Waals surface area contributed by atoms with Crippen LogP contribution in [0.25, 0.3) is 5.57 Å². The summed E-state index contributed by atoms with van der Waals surface area (Å²) in [4.78, 5) is 17.2. The van der Waals surface area contributed by atoms with Crippen LogP contribution in [0, 0.1) is 0 Å². The Morgan fingerprint density at radius 2 is 1.70 bits per heavy atom. The third-order valence-electron chi connectivity index (χ3n) is 7.41. The highest BCUT2D eigenvalue weighted by atomic mass is 35.5. The van der Waals surface area contributed by atoms with Gasteiger partial charge >= 0.3 is 5.97 Å². The van der Waals surface area contributed by atoms with Crippen molar-refractivity contribution in [2.75, 3.05) is 51.3 Å². The molecule has 8 heteroatoms. The molecule has 0 radical (unpaired) electrons. The molecule has 3 aromatic carbocycles. The average molecular weight is 582 g/mol. The zero-order valence-corrected chi connectivity index (χ0v) is 24.6. The third-order valence-corrected chi connectivity index (χ3v) is 7.89. The lowest BCUT2D eigenvalue weighted by Crippen LogP contribution is -2.47. The quantitative estimate of drug-likeness (QED) is 0.272. The molecule has 0 atom stereocenters. The number of halogens is 2. The summed E-state index contributed by atoms with van der Waals surface area (Å²) in [5, 5.41) is 1.31. The van der Waals surface area contributed by atoms with Gasteiger partial charge < -0.3 is 19.1 Å². The van der Waals surface area contributed by atoms with Gasteiger partial charge in [0.15, 0.2) is 0 Å². The molecule has 0 aliphatic carbocycles. The van der Waals surface area contributed by atoms with Gasteiger partial charge in [0.2, 0.25) is 0 Å². The standard InChI is InChI=1S/C32H34Cl2N2O4/c1-32(2)19-29(22-7-9-24(33)10-8-22)23(21-39-32)20-35-13-15-36(16-14-35)26-11-12-28(31(37)38-3)30(18-26)40-27-6-4-5-25(34)17-27/h4-12,17-18H,13-16,19-21H2,1-3H3. The predicted octanol–water partition coefficient (Wildman–Crippen LogP) is 7.35. The Hall–Kier alpha value is -3.03. The maximum Gasteiger partial charge on any atom is 0.341 e. The van der Waals surface area contributed by atoms with Gasteiger partial charge in [-0.3, -0.25) is 4.90 Å². The molecule has 0 saturated carbocycles. The third kappa shape index (κ3) is 6.81. The monoisotopic (exact) mass is 580 g/mol. The van der Waals surface area contributed by atoms with Gasteiger partial charge in [-0.05, 0) is 73.0 Å². The van der Waals surface area contributed by atoms with Crippen molar-refractivity contribution in [2.45, 2.75) is 25.9 Å². The summed E-state index contributed by atoms with van der Waals surface area (Å²) in [6.45, 7) is 9.31. The lowest BCUT2D eigenvalue weighted by atomic mass is 9.87. The largest absolute Gasteiger partial charge is 0.465 e. The van der Waals surface area contributed by atoms with Crippen LogP contribution in [0.1, 0.15) is 36.2 Å². The molecule has 2 aliphatic rings. The van der Waals surface area contributed by atoms with Gasteiger partial charge in [-0.2, -0.15) is 0 Å². The first-order valence-corrected chi connectivity index (χ1v) is 14.2. The summed E-state index contributed by atoms with van der Waals surface area (Å²) in [5.74, 6) is 0.548. The molecular formula is C32H34Cl2N2O4. The van der Waals surface area contributed by atoms with Crippen LogP contribution < -0.4 is 9.64 Å². The van der Waals surface area contributed by atoms with E-state index < -0.39 is 5.97 Å². The number of rotatable bonds is 7. The number of carbonyl (C=O) groups is 1. The second-order valence-electron chi connectivity index (χ2n) is 10.8. The van der Waals surface area contributed by atoms with Crippen LogP contribution in [0.5, 0.6) is 11.5 Å². The van der Waals surface area contributed by atoms with E-state index in [2.05, 4.69) is 35.8 Å². The summed E-state index contributed by atoms with van der Waals surface area (Å²) < 4.78 is 17.3. The van der Waals surface area contributed by atoms with Gasteiger partial charge in [-0.25, -0.2) is 4.79 Å². The lowest BCUT2D eigenvalue weighted by Gasteiger charge is -2.39. The Morgan fingerprint density at radius 3 is 2.40 bits per heavy atom. The number of esters is 1. The zero-order chi connectivity index (χ0) is 28.3. The van der Waals surface area contributed by atoms with Gasteiger partial charge in [0.1, 0.15) is 17.1 Å². The molecule has 0 amide bonds. The van der Waals surface area contributed by atoms with Gasteiger partial charge in [0.25, 0.3) is 0 Å². The van der Waals surface area contributed by atoms with Gasteiger partial charge in [-0.1, -0.05) is 41.4 Å². The van der Waals surface area contributed by atoms with Crippen LogP contribution >= 0.6 is 23.2 Å². The minimum atomic E-state index is -0.448. The summed E-state index contributed by atoms with van der Waals surface area (Å²) >= 11 is 12.3. The number of piperazine rings is 1. The van der Waals surface area contributed by atoms with E-state index in [1.807, 2.05) is 36.4 Å². The normalized spacial score (nSPS) is 17.6. The Bertz CT molecular complexity index is 1400. The Morgan fingerprint density at radius 1 is 0.950 bits per heavy atom. The van der Waals surface area contributed by atoms with E-state index in [1.54, 1.807) is 18.2 Å². The van der Waals surface area contributed by atoms with E-state index in [4.69, 9.17) is 37.4 Å². The number of carbonyl (C=O) groups excluding carboxylic acids is 1. The zero-order valence-electron chi connectivity index (χ0n) is 23.1. The number of anilines is 1. The second-order valence-corrected chi connectivity index (χ2v) is 11.7. The summed E-state index contributed by atoms with van der Waals surface area (Å²) in [7, 11) is 1.37. The Balaban J connectivity index is 1.30. The first-order valence-electron chi connectivity index (χ1n) is 13.4. The van der Waals surface area contributed by atoms with Crippen molar-refractivity contribution in [3.05, 3.63) is 93.5 Å². The molecule has 6 nitrogen and oxygen atoms in total. The van der Waals surface area contributed by atoms with Gasteiger partial charge in [0.05, 0.1) is 19.3 Å². The van der Waals surface area contributed by atoms with E-state index in [0.717, 1.165) is 49.9 Å². The van der Waals surface area contributed by atoms with Crippen molar-refractivity contribution in [3.63, 3.8) is 0 Å². The molecule has 2 heterocycles. The first-order chi connectivity index (χ1) is 19.2. The fourth-order valence-corrected chi connectivity index (χ4v) is 5.54. The lowest BCUT2D eigenvalue weighted by molar-refractivity contribution is -0.0101. The van der Waals surface area contributed by atoms with Gasteiger partial charge in [-0.15, -0.1) is 0 Å². The number of hydrogen-bond donors (Lipinski definition) is 0. The number of hydrogen-bond acceptors (Lipinski definition) is 6.